The molecular formula is C19H22N2O3. The summed E-state index contributed by atoms with van der Waals surface area (Å²) >= 11 is 0. The van der Waals surface area contributed by atoms with Crippen LogP contribution in [0.2, 0.25) is 0 Å². The van der Waals surface area contributed by atoms with Crippen LogP contribution in [-0.2, 0) is 19.4 Å². The molecule has 2 aromatic rings. The van der Waals surface area contributed by atoms with Gasteiger partial charge < -0.3 is 9.47 Å². The number of ether oxygens (including phenoxy) is 2. The van der Waals surface area contributed by atoms with E-state index in [0.717, 1.165) is 17.9 Å². The predicted octanol–water partition coefficient (Wildman–Crippen LogP) is 2.66. The third-order valence-corrected chi connectivity index (χ3v) is 5.02. The van der Waals surface area contributed by atoms with Crippen LogP contribution < -0.4 is 15.0 Å². The summed E-state index contributed by atoms with van der Waals surface area (Å²) in [7, 11) is 0. The summed E-state index contributed by atoms with van der Waals surface area (Å²) in [6, 6.07) is 8.28. The van der Waals surface area contributed by atoms with Gasteiger partial charge in [0.25, 0.3) is 11.6 Å². The molecule has 0 saturated heterocycles. The second-order valence-electron chi connectivity index (χ2n) is 7.23. The third-order valence-electron chi connectivity index (χ3n) is 5.02. The predicted molar refractivity (Wildman–Crippen MR) is 90.8 cm³/mol. The molecule has 24 heavy (non-hydrogen) atoms. The molecular weight excluding hydrogens is 304 g/mol. The van der Waals surface area contributed by atoms with Crippen molar-refractivity contribution >= 4 is 0 Å². The van der Waals surface area contributed by atoms with Gasteiger partial charge in [-0.15, -0.1) is 0 Å². The average molecular weight is 326 g/mol. The fraction of sp³-hybridized carbons (Fsp3) is 0.474. The molecule has 1 aromatic carbocycles. The van der Waals surface area contributed by atoms with E-state index < -0.39 is 5.60 Å². The molecule has 1 atom stereocenters. The standard InChI is InChI=1S/C19H22N2O3/c1-12-9-17(22)20-18-21(12)11-16(23-18)19(2,3)24-15-8-7-13-5-4-6-14(13)10-15/h7-10,16H,4-6,11H2,1-3H3. The van der Waals surface area contributed by atoms with E-state index in [2.05, 4.69) is 17.1 Å². The van der Waals surface area contributed by atoms with Crippen LogP contribution in [0, 0.1) is 6.92 Å². The molecule has 2 aliphatic rings. The summed E-state index contributed by atoms with van der Waals surface area (Å²) in [5, 5.41) is 0. The van der Waals surface area contributed by atoms with Crippen LogP contribution in [0.3, 0.4) is 0 Å². The van der Waals surface area contributed by atoms with Gasteiger partial charge in [-0.05, 0) is 63.3 Å². The van der Waals surface area contributed by atoms with Crippen LogP contribution >= 0.6 is 0 Å². The molecule has 5 heteroatoms. The van der Waals surface area contributed by atoms with Gasteiger partial charge in [0.05, 0.1) is 6.54 Å². The Morgan fingerprint density at radius 3 is 2.88 bits per heavy atom. The molecule has 0 fully saturated rings. The average Bonchev–Trinajstić information content (AvgIpc) is 3.12. The molecule has 126 valence electrons. The number of rotatable bonds is 3. The van der Waals surface area contributed by atoms with E-state index in [0.29, 0.717) is 12.6 Å². The Balaban J connectivity index is 1.56. The highest BCUT2D eigenvalue weighted by atomic mass is 16.6. The van der Waals surface area contributed by atoms with Gasteiger partial charge in [-0.25, -0.2) is 0 Å². The van der Waals surface area contributed by atoms with E-state index in [1.165, 1.54) is 30.0 Å². The summed E-state index contributed by atoms with van der Waals surface area (Å²) in [5.41, 5.74) is 2.89. The highest BCUT2D eigenvalue weighted by Gasteiger charge is 2.39. The van der Waals surface area contributed by atoms with Gasteiger partial charge >= 0.3 is 0 Å². The van der Waals surface area contributed by atoms with Gasteiger partial charge in [-0.3, -0.25) is 9.36 Å². The highest BCUT2D eigenvalue weighted by molar-refractivity contribution is 5.38. The largest absolute Gasteiger partial charge is 0.484 e. The van der Waals surface area contributed by atoms with Crippen molar-refractivity contribution in [1.82, 2.24) is 9.55 Å². The van der Waals surface area contributed by atoms with Crippen molar-refractivity contribution in [1.29, 1.82) is 0 Å². The van der Waals surface area contributed by atoms with Crippen molar-refractivity contribution < 1.29 is 9.47 Å². The van der Waals surface area contributed by atoms with Crippen molar-refractivity contribution in [2.24, 2.45) is 0 Å². The van der Waals surface area contributed by atoms with Crippen LogP contribution in [-0.4, -0.2) is 21.3 Å². The van der Waals surface area contributed by atoms with Gasteiger partial charge in [0, 0.05) is 11.8 Å². The molecule has 0 N–H and O–H groups in total. The van der Waals surface area contributed by atoms with Crippen molar-refractivity contribution in [2.45, 2.75) is 58.3 Å². The minimum Gasteiger partial charge on any atom is -0.484 e. The smallest absolute Gasteiger partial charge is 0.300 e. The quantitative estimate of drug-likeness (QED) is 0.870. The van der Waals surface area contributed by atoms with Crippen LogP contribution in [0.15, 0.2) is 29.1 Å². The first-order valence-electron chi connectivity index (χ1n) is 8.48. The first-order valence-corrected chi connectivity index (χ1v) is 8.48. The number of nitrogens with zero attached hydrogens (tertiary/aromatic N) is 2. The van der Waals surface area contributed by atoms with Gasteiger partial charge in [-0.1, -0.05) is 6.07 Å². The molecule has 0 amide bonds. The lowest BCUT2D eigenvalue weighted by atomic mass is 10.0. The van der Waals surface area contributed by atoms with Crippen LogP contribution in [0.1, 0.15) is 37.1 Å². The lowest BCUT2D eigenvalue weighted by Gasteiger charge is -2.31. The number of aryl methyl sites for hydroxylation is 3. The Labute approximate surface area is 141 Å². The normalized spacial score (nSPS) is 18.9. The van der Waals surface area contributed by atoms with Crippen LogP contribution in [0.4, 0.5) is 0 Å². The maximum atomic E-state index is 11.6. The molecule has 0 radical (unpaired) electrons. The zero-order chi connectivity index (χ0) is 16.9. The Hall–Kier alpha value is -2.30. The monoisotopic (exact) mass is 326 g/mol. The van der Waals surface area contributed by atoms with E-state index >= 15 is 0 Å². The molecule has 0 spiro atoms. The molecule has 1 aliphatic carbocycles. The Morgan fingerprint density at radius 1 is 1.25 bits per heavy atom. The minimum atomic E-state index is -0.532. The SMILES string of the molecule is Cc1cc(=O)nc2n1CC(C(C)(C)Oc1ccc3c(c1)CCC3)O2. The Bertz CT molecular complexity index is 854. The third kappa shape index (κ3) is 2.58. The molecule has 1 aromatic heterocycles. The van der Waals surface area contributed by atoms with Crippen LogP contribution in [0.5, 0.6) is 11.8 Å². The van der Waals surface area contributed by atoms with Crippen molar-refractivity contribution in [3.8, 4) is 11.8 Å². The molecule has 0 bridgehead atoms. The van der Waals surface area contributed by atoms with Gasteiger partial charge in [0.15, 0.2) is 6.10 Å². The Morgan fingerprint density at radius 2 is 2.04 bits per heavy atom. The summed E-state index contributed by atoms with van der Waals surface area (Å²) < 4.78 is 14.1. The maximum absolute atomic E-state index is 11.6. The van der Waals surface area contributed by atoms with E-state index in [-0.39, 0.29) is 11.7 Å². The Kier molecular flexibility index (Phi) is 3.41. The summed E-state index contributed by atoms with van der Waals surface area (Å²) in [6.07, 6.45) is 3.32. The lowest BCUT2D eigenvalue weighted by molar-refractivity contribution is -0.00465. The molecule has 5 nitrogen and oxygen atoms in total. The van der Waals surface area contributed by atoms with Gasteiger partial charge in [-0.2, -0.15) is 4.98 Å². The number of fused-ring (bicyclic) bond motifs is 2. The van der Waals surface area contributed by atoms with Gasteiger partial charge in [0.1, 0.15) is 11.4 Å². The van der Waals surface area contributed by atoms with Crippen LogP contribution in [0.25, 0.3) is 0 Å². The van der Waals surface area contributed by atoms with E-state index in [9.17, 15) is 4.79 Å². The molecule has 0 saturated carbocycles. The van der Waals surface area contributed by atoms with E-state index in [1.54, 1.807) is 0 Å². The van der Waals surface area contributed by atoms with E-state index in [4.69, 9.17) is 9.47 Å². The first kappa shape index (κ1) is 15.2. The first-order chi connectivity index (χ1) is 11.4. The fourth-order valence-corrected chi connectivity index (χ4v) is 3.58. The van der Waals surface area contributed by atoms with E-state index in [1.807, 2.05) is 31.4 Å². The topological polar surface area (TPSA) is 53.4 Å². The lowest BCUT2D eigenvalue weighted by Crippen LogP contribution is -2.45. The zero-order valence-electron chi connectivity index (χ0n) is 14.3. The van der Waals surface area contributed by atoms with Gasteiger partial charge in [0.2, 0.25) is 0 Å². The summed E-state index contributed by atoms with van der Waals surface area (Å²) in [6.45, 7) is 6.56. The van der Waals surface area contributed by atoms with Crippen molar-refractivity contribution in [2.75, 3.05) is 0 Å². The summed E-state index contributed by atoms with van der Waals surface area (Å²) in [5.74, 6) is 0.874. The zero-order valence-corrected chi connectivity index (χ0v) is 14.3. The molecule has 1 unspecified atom stereocenters. The number of benzene rings is 1. The number of aromatic nitrogens is 2. The maximum Gasteiger partial charge on any atom is 0.300 e. The van der Waals surface area contributed by atoms with Crippen molar-refractivity contribution in [3.63, 3.8) is 0 Å². The summed E-state index contributed by atoms with van der Waals surface area (Å²) in [4.78, 5) is 15.5. The van der Waals surface area contributed by atoms with Crippen molar-refractivity contribution in [3.05, 3.63) is 51.4 Å². The number of hydrogen-bond acceptors (Lipinski definition) is 4. The number of hydrogen-bond donors (Lipinski definition) is 0. The minimum absolute atomic E-state index is 0.196. The fourth-order valence-electron chi connectivity index (χ4n) is 3.58. The second kappa shape index (κ2) is 5.36. The molecule has 2 heterocycles. The molecule has 1 aliphatic heterocycles. The second-order valence-corrected chi connectivity index (χ2v) is 7.23. The highest BCUT2D eigenvalue weighted by Crippen LogP contribution is 2.32. The molecule has 4 rings (SSSR count).